The van der Waals surface area contributed by atoms with Crippen molar-refractivity contribution in [3.05, 3.63) is 28.9 Å². The first-order chi connectivity index (χ1) is 21.9. The van der Waals surface area contributed by atoms with Crippen molar-refractivity contribution in [2.75, 3.05) is 18.5 Å². The standard InChI is InChI=1S/C34H46ClFN4O6/c1-34(2,3)46-33(45)39-26(18-36)20-9-11-21(12-10-20)31(42)40-16-15-23(19-7-5-4-6-8-19)29(40)30(41)37-22-13-14-25-24(17-22)27(35)28(38-25)32(43)44/h13-14,17,19-21,23,26,29,38H,4-12,15-16,18H2,1-3H3,(H,37,41)(H,39,45)(H,43,44)/t20?,21?,23-,26?,29-/m0/s1. The lowest BCUT2D eigenvalue weighted by Crippen LogP contribution is -2.50. The number of alkyl carbamates (subject to hydrolysis) is 1. The fraction of sp³-hybridized carbons (Fsp3) is 0.647. The van der Waals surface area contributed by atoms with E-state index >= 15 is 0 Å². The molecule has 2 aliphatic carbocycles. The van der Waals surface area contributed by atoms with Crippen LogP contribution in [-0.2, 0) is 14.3 Å². The number of carbonyl (C=O) groups excluding carboxylic acids is 3. The number of halogens is 2. The number of aromatic nitrogens is 1. The van der Waals surface area contributed by atoms with E-state index in [9.17, 15) is 28.7 Å². The van der Waals surface area contributed by atoms with Crippen LogP contribution in [0.2, 0.25) is 5.02 Å². The highest BCUT2D eigenvalue weighted by molar-refractivity contribution is 6.38. The first-order valence-electron chi connectivity index (χ1n) is 16.6. The minimum absolute atomic E-state index is 0.0379. The number of likely N-dealkylation sites (tertiary alicyclic amines) is 1. The average Bonchev–Trinajstić information content (AvgIpc) is 3.61. The Morgan fingerprint density at radius 3 is 2.39 bits per heavy atom. The molecule has 12 heteroatoms. The molecule has 3 fully saturated rings. The summed E-state index contributed by atoms with van der Waals surface area (Å²) < 4.78 is 19.3. The van der Waals surface area contributed by atoms with E-state index in [2.05, 4.69) is 15.6 Å². The first kappa shape index (κ1) is 34.0. The van der Waals surface area contributed by atoms with E-state index < -0.39 is 36.4 Å². The number of nitrogens with one attached hydrogen (secondary N) is 3. The fourth-order valence-corrected chi connectivity index (χ4v) is 8.08. The quantitative estimate of drug-likeness (QED) is 0.242. The summed E-state index contributed by atoms with van der Waals surface area (Å²) >= 11 is 6.33. The van der Waals surface area contributed by atoms with E-state index in [-0.39, 0.29) is 40.3 Å². The Balaban J connectivity index is 1.29. The second-order valence-electron chi connectivity index (χ2n) is 14.2. The van der Waals surface area contributed by atoms with Crippen LogP contribution >= 0.6 is 11.6 Å². The van der Waals surface area contributed by atoms with Gasteiger partial charge in [-0.3, -0.25) is 9.59 Å². The minimum Gasteiger partial charge on any atom is -0.477 e. The Hall–Kier alpha value is -3.34. The van der Waals surface area contributed by atoms with Crippen molar-refractivity contribution in [1.82, 2.24) is 15.2 Å². The molecule has 0 radical (unpaired) electrons. The van der Waals surface area contributed by atoms with Gasteiger partial charge in [0.25, 0.3) is 0 Å². The number of H-pyrrole nitrogens is 1. The molecule has 1 aromatic carbocycles. The second kappa shape index (κ2) is 14.2. The van der Waals surface area contributed by atoms with Crippen molar-refractivity contribution in [2.24, 2.45) is 23.7 Å². The van der Waals surface area contributed by atoms with Gasteiger partial charge >= 0.3 is 12.1 Å². The van der Waals surface area contributed by atoms with Gasteiger partial charge in [0.05, 0.1) is 11.1 Å². The summed E-state index contributed by atoms with van der Waals surface area (Å²) in [5.74, 6) is -1.43. The van der Waals surface area contributed by atoms with Crippen molar-refractivity contribution in [3.8, 4) is 0 Å². The number of anilines is 1. The number of carboxylic acid groups (broad SMARTS) is 1. The Morgan fingerprint density at radius 1 is 1.07 bits per heavy atom. The number of nitrogens with zero attached hydrogens (tertiary/aromatic N) is 1. The van der Waals surface area contributed by atoms with Crippen LogP contribution in [0.25, 0.3) is 10.9 Å². The number of alkyl halides is 1. The molecule has 3 aliphatic rings. The smallest absolute Gasteiger partial charge is 0.407 e. The molecule has 2 aromatic rings. The molecule has 1 aromatic heterocycles. The van der Waals surface area contributed by atoms with Gasteiger partial charge in [-0.2, -0.15) is 0 Å². The highest BCUT2D eigenvalue weighted by Gasteiger charge is 2.47. The van der Waals surface area contributed by atoms with Crippen molar-refractivity contribution >= 4 is 52.1 Å². The molecule has 3 amide bonds. The monoisotopic (exact) mass is 660 g/mol. The molecule has 1 saturated heterocycles. The number of carbonyl (C=O) groups is 4. The van der Waals surface area contributed by atoms with E-state index in [1.165, 1.54) is 6.42 Å². The van der Waals surface area contributed by atoms with Gasteiger partial charge in [0.15, 0.2) is 0 Å². The van der Waals surface area contributed by atoms with Gasteiger partial charge in [0.1, 0.15) is 24.0 Å². The van der Waals surface area contributed by atoms with E-state index in [0.29, 0.717) is 54.7 Å². The lowest BCUT2D eigenvalue weighted by atomic mass is 9.76. The molecule has 3 atom stereocenters. The predicted octanol–water partition coefficient (Wildman–Crippen LogP) is 6.92. The molecular formula is C34H46ClFN4O6. The molecule has 1 unspecified atom stereocenters. The molecule has 4 N–H and O–H groups in total. The molecule has 252 valence electrons. The summed E-state index contributed by atoms with van der Waals surface area (Å²) in [7, 11) is 0. The fourth-order valence-electron chi connectivity index (χ4n) is 7.80. The summed E-state index contributed by atoms with van der Waals surface area (Å²) in [5, 5.41) is 15.7. The van der Waals surface area contributed by atoms with Crippen LogP contribution in [0.4, 0.5) is 14.9 Å². The number of hydrogen-bond donors (Lipinski definition) is 4. The summed E-state index contributed by atoms with van der Waals surface area (Å²) in [6.07, 6.45) is 7.92. The molecule has 2 saturated carbocycles. The average molecular weight is 661 g/mol. The molecule has 0 spiro atoms. The van der Waals surface area contributed by atoms with Crippen LogP contribution in [-0.4, -0.2) is 69.8 Å². The molecule has 1 aliphatic heterocycles. The third kappa shape index (κ3) is 7.61. The summed E-state index contributed by atoms with van der Waals surface area (Å²) in [5.41, 5.74) is 0.227. The number of rotatable bonds is 8. The van der Waals surface area contributed by atoms with E-state index in [1.807, 2.05) is 0 Å². The predicted molar refractivity (Wildman–Crippen MR) is 174 cm³/mol. The Bertz CT molecular complexity index is 1440. The molecule has 46 heavy (non-hydrogen) atoms. The van der Waals surface area contributed by atoms with Crippen molar-refractivity contribution in [3.63, 3.8) is 0 Å². The van der Waals surface area contributed by atoms with E-state index in [4.69, 9.17) is 16.3 Å². The van der Waals surface area contributed by atoms with E-state index in [0.717, 1.165) is 32.1 Å². The first-order valence-corrected chi connectivity index (χ1v) is 17.0. The summed E-state index contributed by atoms with van der Waals surface area (Å²) in [4.78, 5) is 56.5. The van der Waals surface area contributed by atoms with Gasteiger partial charge in [0.2, 0.25) is 11.8 Å². The molecule has 5 rings (SSSR count). The minimum atomic E-state index is -1.17. The van der Waals surface area contributed by atoms with E-state index in [1.54, 1.807) is 43.9 Å². The van der Waals surface area contributed by atoms with Gasteiger partial charge in [-0.05, 0) is 88.8 Å². The Labute approximate surface area is 274 Å². The van der Waals surface area contributed by atoms with Crippen LogP contribution in [0, 0.1) is 23.7 Å². The molecule has 10 nitrogen and oxygen atoms in total. The maximum Gasteiger partial charge on any atom is 0.407 e. The maximum atomic E-state index is 14.1. The number of amides is 3. The Kier molecular flexibility index (Phi) is 10.5. The van der Waals surface area contributed by atoms with Crippen molar-refractivity contribution in [2.45, 2.75) is 103 Å². The van der Waals surface area contributed by atoms with Crippen molar-refractivity contribution < 1.29 is 33.4 Å². The molecule has 0 bridgehead atoms. The van der Waals surface area contributed by atoms with Crippen LogP contribution in [0.1, 0.15) is 95.5 Å². The number of hydrogen-bond acceptors (Lipinski definition) is 5. The number of carboxylic acids is 1. The SMILES string of the molecule is CC(C)(C)OC(=O)NC(CF)C1CCC(C(=O)N2CC[C@@H](C3CCCCC3)[C@H]2C(=O)Nc2ccc3[nH]c(C(=O)O)c(Cl)c3c2)CC1. The zero-order valence-electron chi connectivity index (χ0n) is 26.9. The third-order valence-electron chi connectivity index (χ3n) is 10.0. The molecular weight excluding hydrogens is 615 g/mol. The highest BCUT2D eigenvalue weighted by Crippen LogP contribution is 2.41. The second-order valence-corrected chi connectivity index (χ2v) is 14.6. The lowest BCUT2D eigenvalue weighted by molar-refractivity contribution is -0.142. The number of aromatic carboxylic acids is 1. The topological polar surface area (TPSA) is 141 Å². The normalized spacial score (nSPS) is 24.8. The molecule has 2 heterocycles. The van der Waals surface area contributed by atoms with Gasteiger partial charge in [-0.1, -0.05) is 43.7 Å². The maximum absolute atomic E-state index is 14.1. The highest BCUT2D eigenvalue weighted by atomic mass is 35.5. The van der Waals surface area contributed by atoms with Crippen LogP contribution in [0.15, 0.2) is 18.2 Å². The summed E-state index contributed by atoms with van der Waals surface area (Å²) in [6, 6.07) is 3.74. The number of fused-ring (bicyclic) bond motifs is 1. The third-order valence-corrected chi connectivity index (χ3v) is 10.4. The Morgan fingerprint density at radius 2 is 1.76 bits per heavy atom. The number of ether oxygens (including phenoxy) is 1. The number of benzene rings is 1. The van der Waals surface area contributed by atoms with Gasteiger partial charge in [0, 0.05) is 29.1 Å². The van der Waals surface area contributed by atoms with Gasteiger partial charge in [-0.15, -0.1) is 0 Å². The lowest BCUT2D eigenvalue weighted by Gasteiger charge is -2.37. The van der Waals surface area contributed by atoms with Gasteiger partial charge in [-0.25, -0.2) is 14.0 Å². The largest absolute Gasteiger partial charge is 0.477 e. The zero-order valence-corrected chi connectivity index (χ0v) is 27.6. The van der Waals surface area contributed by atoms with Crippen LogP contribution < -0.4 is 10.6 Å². The van der Waals surface area contributed by atoms with Gasteiger partial charge < -0.3 is 30.4 Å². The number of aromatic amines is 1. The zero-order chi connectivity index (χ0) is 33.2. The van der Waals surface area contributed by atoms with Crippen LogP contribution in [0.3, 0.4) is 0 Å². The van der Waals surface area contributed by atoms with Crippen molar-refractivity contribution in [1.29, 1.82) is 0 Å². The van der Waals surface area contributed by atoms with Crippen LogP contribution in [0.5, 0.6) is 0 Å². The summed E-state index contributed by atoms with van der Waals surface area (Å²) in [6.45, 7) is 5.07.